The molecule has 4 rings (SSSR count). The van der Waals surface area contributed by atoms with Gasteiger partial charge in [-0.3, -0.25) is 14.2 Å². The van der Waals surface area contributed by atoms with Crippen LogP contribution >= 0.6 is 23.4 Å². The average Bonchev–Trinajstić information content (AvgIpc) is 2.97. The molecule has 1 N–H and O–H groups in total. The zero-order valence-corrected chi connectivity index (χ0v) is 17.4. The Balaban J connectivity index is 1.71. The van der Waals surface area contributed by atoms with Gasteiger partial charge in [0.1, 0.15) is 18.2 Å². The van der Waals surface area contributed by atoms with Gasteiger partial charge < -0.3 is 10.1 Å². The lowest BCUT2D eigenvalue weighted by molar-refractivity contribution is 0.0850. The molecule has 0 aromatic carbocycles. The normalized spacial score (nSPS) is 15.9. The lowest BCUT2D eigenvalue weighted by Gasteiger charge is -2.19. The number of hydrogen-bond donors (Lipinski definition) is 1. The van der Waals surface area contributed by atoms with Gasteiger partial charge in [0.2, 0.25) is 0 Å². The summed E-state index contributed by atoms with van der Waals surface area (Å²) in [6.07, 6.45) is 6.12. The minimum Gasteiger partial charge on any atom is -0.377 e. The van der Waals surface area contributed by atoms with Crippen LogP contribution in [-0.2, 0) is 11.3 Å². The van der Waals surface area contributed by atoms with Crippen LogP contribution in [-0.4, -0.2) is 54.9 Å². The van der Waals surface area contributed by atoms with Gasteiger partial charge in [-0.25, -0.2) is 24.9 Å². The highest BCUT2D eigenvalue weighted by Gasteiger charge is 2.26. The molecule has 0 radical (unpaired) electrons. The average molecular weight is 446 g/mol. The zero-order valence-electron chi connectivity index (χ0n) is 15.8. The first-order chi connectivity index (χ1) is 14.6. The molecule has 3 aromatic heterocycles. The number of halogens is 1. The monoisotopic (exact) mass is 445 g/mol. The molecular formula is C18H16ClN7O3S. The maximum absolute atomic E-state index is 12.9. The molecule has 1 amide bonds. The second kappa shape index (κ2) is 8.86. The number of hydrogen-bond acceptors (Lipinski definition) is 9. The number of fused-ring (bicyclic) bond motifs is 1. The Hall–Kier alpha value is -2.89. The van der Waals surface area contributed by atoms with E-state index in [0.717, 1.165) is 0 Å². The van der Waals surface area contributed by atoms with Gasteiger partial charge >= 0.3 is 0 Å². The number of nitrogens with zero attached hydrogens (tertiary/aromatic N) is 6. The van der Waals surface area contributed by atoms with E-state index in [9.17, 15) is 9.59 Å². The topological polar surface area (TPSA) is 125 Å². The minimum absolute atomic E-state index is 0.0427. The second-order valence-electron chi connectivity index (χ2n) is 6.24. The highest BCUT2D eigenvalue weighted by molar-refractivity contribution is 7.98. The van der Waals surface area contributed by atoms with E-state index in [1.165, 1.54) is 34.9 Å². The predicted molar refractivity (Wildman–Crippen MR) is 109 cm³/mol. The number of thioether (sulfide) groups is 1. The van der Waals surface area contributed by atoms with Crippen LogP contribution < -0.4 is 10.9 Å². The number of amides is 1. The molecule has 1 unspecified atom stereocenters. The third kappa shape index (κ3) is 4.18. The summed E-state index contributed by atoms with van der Waals surface area (Å²) in [4.78, 5) is 46.4. The van der Waals surface area contributed by atoms with Crippen molar-refractivity contribution in [3.05, 3.63) is 57.7 Å². The van der Waals surface area contributed by atoms with Crippen molar-refractivity contribution in [1.82, 2.24) is 34.8 Å². The quantitative estimate of drug-likeness (QED) is 0.468. The Morgan fingerprint density at radius 2 is 2.20 bits per heavy atom. The summed E-state index contributed by atoms with van der Waals surface area (Å²) in [5, 5.41) is 3.37. The highest BCUT2D eigenvalue weighted by atomic mass is 35.5. The van der Waals surface area contributed by atoms with Crippen LogP contribution in [0.25, 0.3) is 11.4 Å². The Labute approximate surface area is 180 Å². The van der Waals surface area contributed by atoms with Crippen LogP contribution in [0.5, 0.6) is 0 Å². The standard InChI is InChI=1S/C18H16ClN7O3S/c1-30-18-21-7-10(19)15(25-18)17(28)24-13-8-29-5-4-26-14(27)6-12(23-16(13)26)11-2-3-20-9-22-11/h2-3,6-7,9,13H,4-5,8H2,1H3,(H,24,28). The van der Waals surface area contributed by atoms with E-state index >= 15 is 0 Å². The van der Waals surface area contributed by atoms with Gasteiger partial charge in [0.05, 0.1) is 42.4 Å². The molecule has 1 aliphatic heterocycles. The maximum Gasteiger partial charge on any atom is 0.272 e. The molecule has 0 bridgehead atoms. The van der Waals surface area contributed by atoms with Crippen molar-refractivity contribution in [3.63, 3.8) is 0 Å². The number of ether oxygens (including phenoxy) is 1. The first-order valence-electron chi connectivity index (χ1n) is 8.90. The maximum atomic E-state index is 12.9. The summed E-state index contributed by atoms with van der Waals surface area (Å²) in [6, 6.07) is 2.38. The largest absolute Gasteiger partial charge is 0.377 e. The number of carbonyl (C=O) groups excluding carboxylic acids is 1. The Morgan fingerprint density at radius 1 is 1.33 bits per heavy atom. The molecule has 0 aliphatic carbocycles. The van der Waals surface area contributed by atoms with Crippen LogP contribution in [0.15, 0.2) is 40.8 Å². The van der Waals surface area contributed by atoms with E-state index in [2.05, 4.69) is 30.2 Å². The Bertz CT molecular complexity index is 1140. The fraction of sp³-hybridized carbons (Fsp3) is 0.278. The van der Waals surface area contributed by atoms with Crippen molar-refractivity contribution < 1.29 is 9.53 Å². The summed E-state index contributed by atoms with van der Waals surface area (Å²) in [6.45, 7) is 0.782. The van der Waals surface area contributed by atoms with Crippen molar-refractivity contribution in [2.45, 2.75) is 17.7 Å². The van der Waals surface area contributed by atoms with Gasteiger partial charge in [0, 0.05) is 12.3 Å². The summed E-state index contributed by atoms with van der Waals surface area (Å²) < 4.78 is 7.08. The number of carbonyl (C=O) groups is 1. The second-order valence-corrected chi connectivity index (χ2v) is 7.42. The van der Waals surface area contributed by atoms with E-state index in [-0.39, 0.29) is 22.9 Å². The van der Waals surface area contributed by atoms with Crippen LogP contribution in [0.4, 0.5) is 0 Å². The highest BCUT2D eigenvalue weighted by Crippen LogP contribution is 2.21. The molecule has 0 spiro atoms. The van der Waals surface area contributed by atoms with E-state index < -0.39 is 11.9 Å². The van der Waals surface area contributed by atoms with Gasteiger partial charge in [-0.1, -0.05) is 23.4 Å². The molecular weight excluding hydrogens is 430 g/mol. The van der Waals surface area contributed by atoms with Gasteiger partial charge in [-0.05, 0) is 12.3 Å². The molecule has 3 aromatic rings. The Kier molecular flexibility index (Phi) is 6.02. The molecule has 0 fully saturated rings. The first kappa shape index (κ1) is 20.4. The summed E-state index contributed by atoms with van der Waals surface area (Å²) in [5.41, 5.74) is 0.674. The number of rotatable bonds is 4. The number of nitrogens with one attached hydrogen (secondary N) is 1. The van der Waals surface area contributed by atoms with Gasteiger partial charge in [-0.2, -0.15) is 0 Å². The van der Waals surface area contributed by atoms with Crippen LogP contribution in [0.2, 0.25) is 5.02 Å². The molecule has 1 atom stereocenters. The third-order valence-electron chi connectivity index (χ3n) is 4.36. The molecule has 1 aliphatic rings. The van der Waals surface area contributed by atoms with Crippen LogP contribution in [0, 0.1) is 0 Å². The van der Waals surface area contributed by atoms with Gasteiger partial charge in [-0.15, -0.1) is 0 Å². The smallest absolute Gasteiger partial charge is 0.272 e. The van der Waals surface area contributed by atoms with Crippen molar-refractivity contribution in [2.24, 2.45) is 0 Å². The van der Waals surface area contributed by atoms with Crippen LogP contribution in [0.1, 0.15) is 22.4 Å². The number of aromatic nitrogens is 6. The predicted octanol–water partition coefficient (Wildman–Crippen LogP) is 1.37. The SMILES string of the molecule is CSc1ncc(Cl)c(C(=O)NC2COCCn3c2nc(-c2ccncn2)cc3=O)n1. The van der Waals surface area contributed by atoms with Crippen molar-refractivity contribution in [2.75, 3.05) is 19.5 Å². The molecule has 4 heterocycles. The van der Waals surface area contributed by atoms with E-state index in [1.54, 1.807) is 18.5 Å². The lowest BCUT2D eigenvalue weighted by atomic mass is 10.2. The van der Waals surface area contributed by atoms with Crippen LogP contribution in [0.3, 0.4) is 0 Å². The first-order valence-corrected chi connectivity index (χ1v) is 10.5. The van der Waals surface area contributed by atoms with Gasteiger partial charge in [0.15, 0.2) is 10.9 Å². The van der Waals surface area contributed by atoms with E-state index in [0.29, 0.717) is 35.5 Å². The molecule has 0 saturated heterocycles. The minimum atomic E-state index is -0.682. The molecule has 12 heteroatoms. The third-order valence-corrected chi connectivity index (χ3v) is 5.20. The fourth-order valence-electron chi connectivity index (χ4n) is 2.96. The fourth-order valence-corrected chi connectivity index (χ4v) is 3.48. The molecule has 30 heavy (non-hydrogen) atoms. The lowest BCUT2D eigenvalue weighted by Crippen LogP contribution is -2.36. The molecule has 10 nitrogen and oxygen atoms in total. The van der Waals surface area contributed by atoms with Crippen molar-refractivity contribution in [3.8, 4) is 11.4 Å². The summed E-state index contributed by atoms with van der Waals surface area (Å²) in [5.74, 6) is -0.140. The van der Waals surface area contributed by atoms with E-state index in [4.69, 9.17) is 16.3 Å². The van der Waals surface area contributed by atoms with Crippen molar-refractivity contribution >= 4 is 29.3 Å². The van der Waals surface area contributed by atoms with E-state index in [1.807, 2.05) is 0 Å². The molecule has 0 saturated carbocycles. The van der Waals surface area contributed by atoms with Gasteiger partial charge in [0.25, 0.3) is 11.5 Å². The van der Waals surface area contributed by atoms with Crippen molar-refractivity contribution in [1.29, 1.82) is 0 Å². The Morgan fingerprint density at radius 3 is 2.97 bits per heavy atom. The molecule has 154 valence electrons. The summed E-state index contributed by atoms with van der Waals surface area (Å²) >= 11 is 7.41. The summed E-state index contributed by atoms with van der Waals surface area (Å²) in [7, 11) is 0. The zero-order chi connectivity index (χ0) is 21.1.